The molecule has 0 fully saturated rings. The summed E-state index contributed by atoms with van der Waals surface area (Å²) in [6.07, 6.45) is 0.392. The summed E-state index contributed by atoms with van der Waals surface area (Å²) in [5, 5.41) is 10.4. The van der Waals surface area contributed by atoms with E-state index in [4.69, 9.17) is 4.74 Å². The first-order valence-corrected chi connectivity index (χ1v) is 6.51. The Morgan fingerprint density at radius 1 is 1.32 bits per heavy atom. The van der Waals surface area contributed by atoms with Crippen molar-refractivity contribution in [3.8, 4) is 0 Å². The topological polar surface area (TPSA) is 68.2 Å². The molecule has 1 heterocycles. The summed E-state index contributed by atoms with van der Waals surface area (Å²) in [5.74, 6) is 0.0349. The number of methoxy groups -OCH3 is 1. The largest absolute Gasteiger partial charge is 0.383 e. The van der Waals surface area contributed by atoms with E-state index in [0.29, 0.717) is 19.6 Å². The molecule has 0 aromatic carbocycles. The van der Waals surface area contributed by atoms with E-state index in [2.05, 4.69) is 15.7 Å². The van der Waals surface area contributed by atoms with E-state index in [0.717, 1.165) is 30.0 Å². The Morgan fingerprint density at radius 2 is 2.05 bits per heavy atom. The van der Waals surface area contributed by atoms with Crippen LogP contribution in [0, 0.1) is 13.8 Å². The van der Waals surface area contributed by atoms with Gasteiger partial charge >= 0.3 is 0 Å². The second-order valence-electron chi connectivity index (χ2n) is 4.54. The van der Waals surface area contributed by atoms with Gasteiger partial charge in [-0.3, -0.25) is 9.48 Å². The van der Waals surface area contributed by atoms with Crippen molar-refractivity contribution in [3.63, 3.8) is 0 Å². The number of aryl methyl sites for hydroxylation is 2. The van der Waals surface area contributed by atoms with E-state index in [1.165, 1.54) is 0 Å². The van der Waals surface area contributed by atoms with Crippen molar-refractivity contribution in [2.24, 2.45) is 7.05 Å². The summed E-state index contributed by atoms with van der Waals surface area (Å²) in [7, 11) is 3.56. The second-order valence-corrected chi connectivity index (χ2v) is 4.54. The summed E-state index contributed by atoms with van der Waals surface area (Å²) in [5.41, 5.74) is 2.99. The minimum absolute atomic E-state index is 0.0349. The summed E-state index contributed by atoms with van der Waals surface area (Å²) in [6.45, 7) is 6.77. The molecule has 108 valence electrons. The number of carbonyl (C=O) groups excluding carboxylic acids is 1. The van der Waals surface area contributed by atoms with Crippen molar-refractivity contribution in [1.82, 2.24) is 20.4 Å². The van der Waals surface area contributed by atoms with Gasteiger partial charge in [0.05, 0.1) is 18.7 Å². The Labute approximate surface area is 114 Å². The fraction of sp³-hybridized carbons (Fsp3) is 0.692. The number of aromatic nitrogens is 2. The SMILES string of the molecule is COCCNCCNC(=O)Cc1c(C)nn(C)c1C. The standard InChI is InChI=1S/C13H24N4O2/c1-10-12(11(2)17(3)16-10)9-13(18)15-6-5-14-7-8-19-4/h14H,5-9H2,1-4H3,(H,15,18). The van der Waals surface area contributed by atoms with Gasteiger partial charge < -0.3 is 15.4 Å². The van der Waals surface area contributed by atoms with Gasteiger partial charge in [0.15, 0.2) is 0 Å². The van der Waals surface area contributed by atoms with E-state index in [1.807, 2.05) is 25.6 Å². The predicted molar refractivity (Wildman–Crippen MR) is 74.1 cm³/mol. The van der Waals surface area contributed by atoms with E-state index in [1.54, 1.807) is 7.11 Å². The quantitative estimate of drug-likeness (QED) is 0.648. The third-order valence-electron chi connectivity index (χ3n) is 3.10. The monoisotopic (exact) mass is 268 g/mol. The maximum atomic E-state index is 11.8. The Balaban J connectivity index is 2.28. The molecule has 0 radical (unpaired) electrons. The highest BCUT2D eigenvalue weighted by atomic mass is 16.5. The molecule has 2 N–H and O–H groups in total. The molecule has 6 heteroatoms. The van der Waals surface area contributed by atoms with Crippen LogP contribution in [0.15, 0.2) is 0 Å². The smallest absolute Gasteiger partial charge is 0.224 e. The van der Waals surface area contributed by atoms with Crippen molar-refractivity contribution >= 4 is 5.91 Å². The van der Waals surface area contributed by atoms with Crippen LogP contribution in [-0.4, -0.2) is 49.0 Å². The van der Waals surface area contributed by atoms with Crippen LogP contribution >= 0.6 is 0 Å². The molecular weight excluding hydrogens is 244 g/mol. The van der Waals surface area contributed by atoms with Crippen molar-refractivity contribution in [1.29, 1.82) is 0 Å². The maximum absolute atomic E-state index is 11.8. The molecular formula is C13H24N4O2. The number of rotatable bonds is 8. The molecule has 19 heavy (non-hydrogen) atoms. The lowest BCUT2D eigenvalue weighted by atomic mass is 10.1. The number of nitrogens with zero attached hydrogens (tertiary/aromatic N) is 2. The molecule has 0 atom stereocenters. The van der Waals surface area contributed by atoms with Crippen LogP contribution in [0.5, 0.6) is 0 Å². The third kappa shape index (κ3) is 5.00. The van der Waals surface area contributed by atoms with Gasteiger partial charge in [-0.1, -0.05) is 0 Å². The zero-order chi connectivity index (χ0) is 14.3. The lowest BCUT2D eigenvalue weighted by molar-refractivity contribution is -0.120. The van der Waals surface area contributed by atoms with Crippen LogP contribution in [0.2, 0.25) is 0 Å². The van der Waals surface area contributed by atoms with E-state index in [-0.39, 0.29) is 5.91 Å². The molecule has 0 unspecified atom stereocenters. The lowest BCUT2D eigenvalue weighted by Crippen LogP contribution is -2.34. The van der Waals surface area contributed by atoms with Crippen molar-refractivity contribution in [2.45, 2.75) is 20.3 Å². The zero-order valence-corrected chi connectivity index (χ0v) is 12.2. The number of amides is 1. The van der Waals surface area contributed by atoms with Gasteiger partial charge in [-0.05, 0) is 13.8 Å². The van der Waals surface area contributed by atoms with E-state index < -0.39 is 0 Å². The molecule has 0 aliphatic carbocycles. The van der Waals surface area contributed by atoms with Crippen LogP contribution in [0.1, 0.15) is 17.0 Å². The molecule has 0 saturated carbocycles. The van der Waals surface area contributed by atoms with Crippen molar-refractivity contribution in [2.75, 3.05) is 33.4 Å². The van der Waals surface area contributed by atoms with Crippen LogP contribution in [-0.2, 0) is 23.0 Å². The Kier molecular flexibility index (Phi) is 6.52. The number of carbonyl (C=O) groups is 1. The van der Waals surface area contributed by atoms with Gasteiger partial charge in [0.1, 0.15) is 0 Å². The lowest BCUT2D eigenvalue weighted by Gasteiger charge is -2.07. The van der Waals surface area contributed by atoms with Crippen LogP contribution in [0.25, 0.3) is 0 Å². The van der Waals surface area contributed by atoms with Gasteiger partial charge in [0, 0.05) is 45.0 Å². The molecule has 0 aliphatic rings. The predicted octanol–water partition coefficient (Wildman–Crippen LogP) is -0.0684. The van der Waals surface area contributed by atoms with Gasteiger partial charge in [-0.2, -0.15) is 5.10 Å². The molecule has 0 aliphatic heterocycles. The number of hydrogen-bond acceptors (Lipinski definition) is 4. The van der Waals surface area contributed by atoms with Gasteiger partial charge in [0.2, 0.25) is 5.91 Å². The van der Waals surface area contributed by atoms with Crippen LogP contribution < -0.4 is 10.6 Å². The molecule has 0 saturated heterocycles. The maximum Gasteiger partial charge on any atom is 0.224 e. The number of ether oxygens (including phenoxy) is 1. The number of nitrogens with one attached hydrogen (secondary N) is 2. The normalized spacial score (nSPS) is 10.7. The fourth-order valence-electron chi connectivity index (χ4n) is 1.89. The first-order chi connectivity index (χ1) is 9.06. The molecule has 1 amide bonds. The first-order valence-electron chi connectivity index (χ1n) is 6.51. The molecule has 1 rings (SSSR count). The van der Waals surface area contributed by atoms with Crippen molar-refractivity contribution in [3.05, 3.63) is 17.0 Å². The fourth-order valence-corrected chi connectivity index (χ4v) is 1.89. The highest BCUT2D eigenvalue weighted by molar-refractivity contribution is 5.79. The Hall–Kier alpha value is -1.40. The molecule has 6 nitrogen and oxygen atoms in total. The summed E-state index contributed by atoms with van der Waals surface area (Å²) in [6, 6.07) is 0. The molecule has 0 spiro atoms. The second kappa shape index (κ2) is 7.91. The van der Waals surface area contributed by atoms with E-state index >= 15 is 0 Å². The first kappa shape index (κ1) is 15.7. The Bertz CT molecular complexity index is 415. The Morgan fingerprint density at radius 3 is 2.63 bits per heavy atom. The summed E-state index contributed by atoms with van der Waals surface area (Å²) in [4.78, 5) is 11.8. The van der Waals surface area contributed by atoms with Gasteiger partial charge in [-0.25, -0.2) is 0 Å². The van der Waals surface area contributed by atoms with Gasteiger partial charge in [-0.15, -0.1) is 0 Å². The summed E-state index contributed by atoms with van der Waals surface area (Å²) < 4.78 is 6.73. The number of hydrogen-bond donors (Lipinski definition) is 2. The van der Waals surface area contributed by atoms with Crippen molar-refractivity contribution < 1.29 is 9.53 Å². The van der Waals surface area contributed by atoms with Gasteiger partial charge in [0.25, 0.3) is 0 Å². The molecule has 0 bridgehead atoms. The molecule has 1 aromatic heterocycles. The van der Waals surface area contributed by atoms with Crippen LogP contribution in [0.4, 0.5) is 0 Å². The minimum Gasteiger partial charge on any atom is -0.383 e. The average molecular weight is 268 g/mol. The third-order valence-corrected chi connectivity index (χ3v) is 3.10. The average Bonchev–Trinajstić information content (AvgIpc) is 2.60. The minimum atomic E-state index is 0.0349. The zero-order valence-electron chi connectivity index (χ0n) is 12.2. The van der Waals surface area contributed by atoms with Crippen LogP contribution in [0.3, 0.4) is 0 Å². The summed E-state index contributed by atoms with van der Waals surface area (Å²) >= 11 is 0. The highest BCUT2D eigenvalue weighted by Gasteiger charge is 2.12. The highest BCUT2D eigenvalue weighted by Crippen LogP contribution is 2.12. The molecule has 1 aromatic rings. The van der Waals surface area contributed by atoms with E-state index in [9.17, 15) is 4.79 Å².